The highest BCUT2D eigenvalue weighted by Crippen LogP contribution is 2.28. The quantitative estimate of drug-likeness (QED) is 0.558. The number of aliphatic hydroxyl groups excluding tert-OH is 1. The van der Waals surface area contributed by atoms with Gasteiger partial charge in [0.2, 0.25) is 0 Å². The van der Waals surface area contributed by atoms with Crippen LogP contribution in [0.15, 0.2) is 48.5 Å². The fourth-order valence-corrected chi connectivity index (χ4v) is 3.11. The van der Waals surface area contributed by atoms with E-state index in [1.54, 1.807) is 12.1 Å². The van der Waals surface area contributed by atoms with E-state index in [2.05, 4.69) is 0 Å². The zero-order valence-corrected chi connectivity index (χ0v) is 16.5. The van der Waals surface area contributed by atoms with E-state index in [-0.39, 0.29) is 12.2 Å². The first kappa shape index (κ1) is 20.9. The lowest BCUT2D eigenvalue weighted by Gasteiger charge is -2.20. The van der Waals surface area contributed by atoms with Crippen molar-refractivity contribution in [3.8, 4) is 0 Å². The molecule has 1 N–H and O–H groups in total. The Balaban J connectivity index is 1.63. The van der Waals surface area contributed by atoms with Crippen LogP contribution < -0.4 is 0 Å². The Bertz CT molecular complexity index is 840. The summed E-state index contributed by atoms with van der Waals surface area (Å²) in [6.45, 7) is -0.264. The average Bonchev–Trinajstić information content (AvgIpc) is 2.95. The van der Waals surface area contributed by atoms with Crippen LogP contribution in [-0.2, 0) is 14.2 Å². The number of carbonyl (C=O) groups is 2. The highest BCUT2D eigenvalue weighted by atomic mass is 35.5. The van der Waals surface area contributed by atoms with Gasteiger partial charge in [0, 0.05) is 10.0 Å². The van der Waals surface area contributed by atoms with Gasteiger partial charge in [-0.1, -0.05) is 34.8 Å². The molecule has 28 heavy (non-hydrogen) atoms. The molecule has 1 fully saturated rings. The summed E-state index contributed by atoms with van der Waals surface area (Å²) in [4.78, 5) is 24.4. The van der Waals surface area contributed by atoms with Crippen LogP contribution in [0.5, 0.6) is 0 Å². The molecule has 0 aliphatic carbocycles. The molecule has 3 rings (SSSR count). The first-order valence-electron chi connectivity index (χ1n) is 8.22. The Morgan fingerprint density at radius 2 is 1.43 bits per heavy atom. The molecule has 2 aromatic carbocycles. The summed E-state index contributed by atoms with van der Waals surface area (Å²) in [6, 6.07) is 12.2. The van der Waals surface area contributed by atoms with Gasteiger partial charge in [-0.2, -0.15) is 0 Å². The van der Waals surface area contributed by atoms with Crippen molar-refractivity contribution in [2.75, 3.05) is 6.61 Å². The zero-order valence-electron chi connectivity index (χ0n) is 14.3. The van der Waals surface area contributed by atoms with Gasteiger partial charge in [-0.3, -0.25) is 0 Å². The molecule has 9 heteroatoms. The smallest absolute Gasteiger partial charge is 0.338 e. The van der Waals surface area contributed by atoms with E-state index in [0.717, 1.165) is 0 Å². The summed E-state index contributed by atoms with van der Waals surface area (Å²) in [5.74, 6) is -1.31. The number of hydrogen-bond donors (Lipinski definition) is 1. The lowest BCUT2D eigenvalue weighted by Crippen LogP contribution is -2.38. The minimum Gasteiger partial charge on any atom is -0.459 e. The number of benzene rings is 2. The maximum Gasteiger partial charge on any atom is 0.338 e. The Morgan fingerprint density at radius 3 is 1.96 bits per heavy atom. The van der Waals surface area contributed by atoms with Gasteiger partial charge in [-0.05, 0) is 48.5 Å². The minimum atomic E-state index is -1.28. The van der Waals surface area contributed by atoms with E-state index in [0.29, 0.717) is 15.6 Å². The van der Waals surface area contributed by atoms with E-state index in [9.17, 15) is 14.7 Å². The highest BCUT2D eigenvalue weighted by Gasteiger charge is 2.46. The Labute approximate surface area is 175 Å². The van der Waals surface area contributed by atoms with Crippen LogP contribution in [0.3, 0.4) is 0 Å². The molecular weight excluding hydrogens is 431 g/mol. The fraction of sp³-hybridized carbons (Fsp3) is 0.263. The van der Waals surface area contributed by atoms with Gasteiger partial charge < -0.3 is 19.3 Å². The molecule has 0 spiro atoms. The van der Waals surface area contributed by atoms with Crippen LogP contribution in [0.2, 0.25) is 10.0 Å². The van der Waals surface area contributed by atoms with Crippen LogP contribution >= 0.6 is 34.8 Å². The number of esters is 2. The van der Waals surface area contributed by atoms with E-state index in [4.69, 9.17) is 49.0 Å². The van der Waals surface area contributed by atoms with Crippen molar-refractivity contribution >= 4 is 46.7 Å². The molecule has 0 bridgehead atoms. The van der Waals surface area contributed by atoms with Gasteiger partial charge in [0.25, 0.3) is 0 Å². The molecular formula is C19H15Cl3O6. The van der Waals surface area contributed by atoms with E-state index in [1.165, 1.54) is 36.4 Å². The maximum atomic E-state index is 12.3. The van der Waals surface area contributed by atoms with Gasteiger partial charge in [-0.25, -0.2) is 9.59 Å². The molecule has 0 aromatic heterocycles. The van der Waals surface area contributed by atoms with Crippen molar-refractivity contribution in [3.63, 3.8) is 0 Å². The van der Waals surface area contributed by atoms with E-state index < -0.39 is 35.8 Å². The Hall–Kier alpha value is -1.83. The molecule has 0 saturated carbocycles. The molecule has 148 valence electrons. The first-order valence-corrected chi connectivity index (χ1v) is 9.41. The molecule has 1 saturated heterocycles. The lowest BCUT2D eigenvalue weighted by atomic mass is 10.1. The van der Waals surface area contributed by atoms with Gasteiger partial charge >= 0.3 is 11.9 Å². The second-order valence-corrected chi connectivity index (χ2v) is 7.30. The summed E-state index contributed by atoms with van der Waals surface area (Å²) in [5, 5.41) is 11.1. The monoisotopic (exact) mass is 444 g/mol. The normalized spacial score (nSPS) is 24.0. The average molecular weight is 446 g/mol. The summed E-state index contributed by atoms with van der Waals surface area (Å²) in [6.07, 6.45) is -3.31. The van der Waals surface area contributed by atoms with Crippen LogP contribution in [0.25, 0.3) is 0 Å². The molecule has 0 amide bonds. The number of carbonyl (C=O) groups excluding carboxylic acids is 2. The summed E-state index contributed by atoms with van der Waals surface area (Å²) in [5.41, 5.74) is -0.575. The molecule has 1 aliphatic heterocycles. The molecule has 4 atom stereocenters. The summed E-state index contributed by atoms with van der Waals surface area (Å²) < 4.78 is 15.9. The van der Waals surface area contributed by atoms with Gasteiger partial charge in [0.05, 0.1) is 11.1 Å². The van der Waals surface area contributed by atoms with Crippen molar-refractivity contribution in [2.24, 2.45) is 0 Å². The minimum absolute atomic E-state index is 0.242. The van der Waals surface area contributed by atoms with Crippen molar-refractivity contribution in [1.82, 2.24) is 0 Å². The van der Waals surface area contributed by atoms with E-state index in [1.807, 2.05) is 0 Å². The van der Waals surface area contributed by atoms with Crippen molar-refractivity contribution in [3.05, 3.63) is 69.7 Å². The number of rotatable bonds is 5. The third-order valence-electron chi connectivity index (χ3n) is 4.06. The van der Waals surface area contributed by atoms with Crippen LogP contribution in [0.4, 0.5) is 0 Å². The molecule has 1 heterocycles. The van der Waals surface area contributed by atoms with Crippen molar-refractivity contribution in [1.29, 1.82) is 0 Å². The second kappa shape index (κ2) is 9.11. The van der Waals surface area contributed by atoms with Gasteiger partial charge in [0.1, 0.15) is 18.8 Å². The molecule has 0 unspecified atom stereocenters. The molecule has 1 aliphatic rings. The Morgan fingerprint density at radius 1 is 0.929 bits per heavy atom. The molecule has 2 aromatic rings. The maximum absolute atomic E-state index is 12.3. The number of hydrogen-bond acceptors (Lipinski definition) is 6. The Kier molecular flexibility index (Phi) is 6.80. The van der Waals surface area contributed by atoms with Gasteiger partial charge in [-0.15, -0.1) is 0 Å². The topological polar surface area (TPSA) is 82.1 Å². The number of alkyl halides is 1. The van der Waals surface area contributed by atoms with Crippen LogP contribution in [0.1, 0.15) is 20.7 Å². The number of ether oxygens (including phenoxy) is 3. The summed E-state index contributed by atoms with van der Waals surface area (Å²) >= 11 is 17.5. The van der Waals surface area contributed by atoms with Crippen LogP contribution in [0, 0.1) is 0 Å². The third kappa shape index (κ3) is 4.96. The predicted molar refractivity (Wildman–Crippen MR) is 103 cm³/mol. The fourth-order valence-electron chi connectivity index (χ4n) is 2.58. The van der Waals surface area contributed by atoms with Crippen molar-refractivity contribution in [2.45, 2.75) is 23.9 Å². The van der Waals surface area contributed by atoms with E-state index >= 15 is 0 Å². The lowest BCUT2D eigenvalue weighted by molar-refractivity contribution is -0.0392. The van der Waals surface area contributed by atoms with Crippen LogP contribution in [-0.4, -0.2) is 47.5 Å². The predicted octanol–water partition coefficient (Wildman–Crippen LogP) is 3.70. The second-order valence-electron chi connectivity index (χ2n) is 6.00. The molecule has 6 nitrogen and oxygen atoms in total. The largest absolute Gasteiger partial charge is 0.459 e. The summed E-state index contributed by atoms with van der Waals surface area (Å²) in [7, 11) is 0. The third-order valence-corrected chi connectivity index (χ3v) is 4.92. The van der Waals surface area contributed by atoms with Gasteiger partial charge in [0.15, 0.2) is 11.7 Å². The highest BCUT2D eigenvalue weighted by molar-refractivity contribution is 6.31. The SMILES string of the molecule is O=C(OC[C@H]1O[C@H](Cl)[C@@H](O)[C@@H]1OC(=O)c1ccc(Cl)cc1)c1ccc(Cl)cc1. The zero-order chi connectivity index (χ0) is 20.3. The molecule has 0 radical (unpaired) electrons. The standard InChI is InChI=1S/C19H15Cl3O6/c20-12-5-1-10(2-6-12)18(24)26-9-14-16(15(23)17(22)27-14)28-19(25)11-3-7-13(21)8-4-11/h1-8,14-17,23H,9H2/t14-,15+,16-,17+/m1/s1. The first-order chi connectivity index (χ1) is 13.3. The van der Waals surface area contributed by atoms with Crippen molar-refractivity contribution < 1.29 is 28.9 Å². The number of aliphatic hydroxyl groups is 1. The number of halogens is 3.